The molecule has 0 radical (unpaired) electrons. The molecule has 0 amide bonds. The van der Waals surface area contributed by atoms with Crippen LogP contribution in [0.25, 0.3) is 0 Å². The second-order valence-electron chi connectivity index (χ2n) is 3.74. The lowest BCUT2D eigenvalue weighted by atomic mass is 10.0. The van der Waals surface area contributed by atoms with E-state index in [4.69, 9.17) is 4.74 Å². The van der Waals surface area contributed by atoms with Crippen LogP contribution in [0.5, 0.6) is 0 Å². The van der Waals surface area contributed by atoms with Crippen LogP contribution in [-0.4, -0.2) is 12.6 Å². The lowest BCUT2D eigenvalue weighted by Crippen LogP contribution is -2.12. The van der Waals surface area contributed by atoms with Gasteiger partial charge in [0.15, 0.2) is 0 Å². The SMILES string of the molecule is CC1CCCCCCC(=O)OC1. The Morgan fingerprint density at radius 3 is 2.83 bits per heavy atom. The maximum atomic E-state index is 11.0. The second kappa shape index (κ2) is 5.18. The van der Waals surface area contributed by atoms with Crippen molar-refractivity contribution in [1.29, 1.82) is 0 Å². The zero-order chi connectivity index (χ0) is 8.81. The summed E-state index contributed by atoms with van der Waals surface area (Å²) in [5.74, 6) is 0.538. The highest BCUT2D eigenvalue weighted by Crippen LogP contribution is 2.14. The van der Waals surface area contributed by atoms with Gasteiger partial charge in [-0.15, -0.1) is 0 Å². The number of rotatable bonds is 0. The van der Waals surface area contributed by atoms with Crippen molar-refractivity contribution < 1.29 is 9.53 Å². The molecule has 0 N–H and O–H groups in total. The summed E-state index contributed by atoms with van der Waals surface area (Å²) in [7, 11) is 0. The van der Waals surface area contributed by atoms with Crippen molar-refractivity contribution in [2.24, 2.45) is 5.92 Å². The number of carbonyl (C=O) groups is 1. The molecule has 0 bridgehead atoms. The highest BCUT2D eigenvalue weighted by atomic mass is 16.5. The molecule has 2 nitrogen and oxygen atoms in total. The molecule has 0 saturated carbocycles. The van der Waals surface area contributed by atoms with E-state index in [9.17, 15) is 4.79 Å². The van der Waals surface area contributed by atoms with Crippen LogP contribution in [-0.2, 0) is 9.53 Å². The lowest BCUT2D eigenvalue weighted by Gasteiger charge is -2.13. The van der Waals surface area contributed by atoms with Gasteiger partial charge < -0.3 is 4.74 Å². The van der Waals surface area contributed by atoms with Crippen LogP contribution >= 0.6 is 0 Å². The van der Waals surface area contributed by atoms with Crippen LogP contribution in [0.2, 0.25) is 0 Å². The molecule has 1 fully saturated rings. The quantitative estimate of drug-likeness (QED) is 0.522. The van der Waals surface area contributed by atoms with Crippen LogP contribution in [0, 0.1) is 5.92 Å². The Bertz CT molecular complexity index is 143. The van der Waals surface area contributed by atoms with Gasteiger partial charge >= 0.3 is 5.97 Å². The largest absolute Gasteiger partial charge is 0.465 e. The third-order valence-corrected chi connectivity index (χ3v) is 2.36. The molecule has 1 heterocycles. The molecule has 12 heavy (non-hydrogen) atoms. The minimum atomic E-state index is -0.0104. The van der Waals surface area contributed by atoms with Crippen LogP contribution in [0.1, 0.15) is 45.4 Å². The van der Waals surface area contributed by atoms with E-state index in [1.807, 2.05) is 0 Å². The Kier molecular flexibility index (Phi) is 4.12. The van der Waals surface area contributed by atoms with Gasteiger partial charge in [0.25, 0.3) is 0 Å². The molecule has 0 spiro atoms. The smallest absolute Gasteiger partial charge is 0.305 e. The van der Waals surface area contributed by atoms with Gasteiger partial charge in [0, 0.05) is 6.42 Å². The Balaban J connectivity index is 2.27. The predicted molar refractivity (Wildman–Crippen MR) is 47.8 cm³/mol. The van der Waals surface area contributed by atoms with E-state index in [2.05, 4.69) is 6.92 Å². The van der Waals surface area contributed by atoms with Gasteiger partial charge in [0.05, 0.1) is 6.61 Å². The van der Waals surface area contributed by atoms with Gasteiger partial charge in [-0.2, -0.15) is 0 Å². The first-order valence-electron chi connectivity index (χ1n) is 4.94. The normalized spacial score (nSPS) is 27.8. The summed E-state index contributed by atoms with van der Waals surface area (Å²) >= 11 is 0. The van der Waals surface area contributed by atoms with Gasteiger partial charge in [0.1, 0.15) is 0 Å². The Morgan fingerprint density at radius 1 is 1.25 bits per heavy atom. The van der Waals surface area contributed by atoms with E-state index < -0.39 is 0 Å². The molecular weight excluding hydrogens is 152 g/mol. The molecule has 0 aromatic heterocycles. The molecule has 2 heteroatoms. The molecule has 1 rings (SSSR count). The van der Waals surface area contributed by atoms with E-state index in [1.165, 1.54) is 25.7 Å². The summed E-state index contributed by atoms with van der Waals surface area (Å²) in [4.78, 5) is 11.0. The van der Waals surface area contributed by atoms with E-state index in [0.29, 0.717) is 18.9 Å². The zero-order valence-corrected chi connectivity index (χ0v) is 7.84. The van der Waals surface area contributed by atoms with Crippen molar-refractivity contribution >= 4 is 5.97 Å². The van der Waals surface area contributed by atoms with Crippen molar-refractivity contribution in [1.82, 2.24) is 0 Å². The van der Waals surface area contributed by atoms with Gasteiger partial charge in [-0.3, -0.25) is 4.79 Å². The van der Waals surface area contributed by atoms with E-state index in [-0.39, 0.29) is 5.97 Å². The molecule has 70 valence electrons. The molecule has 0 aromatic carbocycles. The number of cyclic esters (lactones) is 1. The van der Waals surface area contributed by atoms with Crippen molar-refractivity contribution in [3.63, 3.8) is 0 Å². The van der Waals surface area contributed by atoms with Crippen molar-refractivity contribution in [3.8, 4) is 0 Å². The first-order chi connectivity index (χ1) is 5.79. The number of hydrogen-bond acceptors (Lipinski definition) is 2. The standard InChI is InChI=1S/C10H18O2/c1-9-6-4-2-3-5-7-10(11)12-8-9/h9H,2-8H2,1H3. The van der Waals surface area contributed by atoms with Gasteiger partial charge in [0.2, 0.25) is 0 Å². The van der Waals surface area contributed by atoms with Crippen LogP contribution in [0.4, 0.5) is 0 Å². The summed E-state index contributed by atoms with van der Waals surface area (Å²) in [5, 5.41) is 0. The van der Waals surface area contributed by atoms with Crippen LogP contribution in [0.15, 0.2) is 0 Å². The molecular formula is C10H18O2. The third-order valence-electron chi connectivity index (χ3n) is 2.36. The van der Waals surface area contributed by atoms with Crippen molar-refractivity contribution in [2.45, 2.75) is 45.4 Å². The molecule has 1 aliphatic heterocycles. The van der Waals surface area contributed by atoms with Gasteiger partial charge in [-0.1, -0.05) is 26.2 Å². The zero-order valence-electron chi connectivity index (χ0n) is 7.84. The number of hydrogen-bond donors (Lipinski definition) is 0. The molecule has 0 aliphatic carbocycles. The lowest BCUT2D eigenvalue weighted by molar-refractivity contribution is -0.145. The summed E-state index contributed by atoms with van der Waals surface area (Å²) in [5.41, 5.74) is 0. The third kappa shape index (κ3) is 3.74. The topological polar surface area (TPSA) is 26.3 Å². The van der Waals surface area contributed by atoms with Crippen LogP contribution < -0.4 is 0 Å². The van der Waals surface area contributed by atoms with Crippen molar-refractivity contribution in [3.05, 3.63) is 0 Å². The van der Waals surface area contributed by atoms with Crippen molar-refractivity contribution in [2.75, 3.05) is 6.61 Å². The average Bonchev–Trinajstić information content (AvgIpc) is 2.07. The minimum Gasteiger partial charge on any atom is -0.465 e. The fourth-order valence-electron chi connectivity index (χ4n) is 1.51. The maximum Gasteiger partial charge on any atom is 0.305 e. The second-order valence-corrected chi connectivity index (χ2v) is 3.74. The predicted octanol–water partition coefficient (Wildman–Crippen LogP) is 2.52. The number of carbonyl (C=O) groups excluding carboxylic acids is 1. The Morgan fingerprint density at radius 2 is 2.00 bits per heavy atom. The van der Waals surface area contributed by atoms with Crippen LogP contribution in [0.3, 0.4) is 0 Å². The average molecular weight is 170 g/mol. The first-order valence-corrected chi connectivity index (χ1v) is 4.94. The highest BCUT2D eigenvalue weighted by molar-refractivity contribution is 5.69. The van der Waals surface area contributed by atoms with Gasteiger partial charge in [-0.05, 0) is 18.8 Å². The number of esters is 1. The molecule has 1 saturated heterocycles. The van der Waals surface area contributed by atoms with E-state index in [0.717, 1.165) is 6.42 Å². The minimum absolute atomic E-state index is 0.0104. The summed E-state index contributed by atoms with van der Waals surface area (Å²) in [6, 6.07) is 0. The highest BCUT2D eigenvalue weighted by Gasteiger charge is 2.09. The Hall–Kier alpha value is -0.530. The maximum absolute atomic E-state index is 11.0. The molecule has 1 atom stereocenters. The summed E-state index contributed by atoms with van der Waals surface area (Å²) < 4.78 is 5.09. The first kappa shape index (κ1) is 9.56. The van der Waals surface area contributed by atoms with E-state index in [1.54, 1.807) is 0 Å². The Labute approximate surface area is 74.3 Å². The van der Waals surface area contributed by atoms with Gasteiger partial charge in [-0.25, -0.2) is 0 Å². The molecule has 0 aromatic rings. The monoisotopic (exact) mass is 170 g/mol. The number of ether oxygens (including phenoxy) is 1. The fraction of sp³-hybridized carbons (Fsp3) is 0.900. The molecule has 1 aliphatic rings. The fourth-order valence-corrected chi connectivity index (χ4v) is 1.51. The summed E-state index contributed by atoms with van der Waals surface area (Å²) in [6.07, 6.45) is 6.57. The molecule has 1 unspecified atom stereocenters. The summed E-state index contributed by atoms with van der Waals surface area (Å²) in [6.45, 7) is 2.77. The van der Waals surface area contributed by atoms with E-state index >= 15 is 0 Å².